The third-order valence-corrected chi connectivity index (χ3v) is 4.16. The zero-order valence-corrected chi connectivity index (χ0v) is 13.3. The van der Waals surface area contributed by atoms with Gasteiger partial charge in [0, 0.05) is 43.0 Å². The summed E-state index contributed by atoms with van der Waals surface area (Å²) in [6, 6.07) is 2.70. The lowest BCUT2D eigenvalue weighted by atomic mass is 9.94. The number of nitrogens with zero attached hydrogens (tertiary/aromatic N) is 2. The number of allylic oxidation sites excluding steroid dienone is 1. The first kappa shape index (κ1) is 17.3. The standard InChI is InChI=1S/C16H19F3N2O2/c1-4-20-7-8-21-13(10(2)12(9-20)11(3)22)5-6-14(21)15(23)16(17,18)19/h5-6,9-10H,4,7-8H2,1-3H3/b12-9+. The van der Waals surface area contributed by atoms with Gasteiger partial charge in [0.05, 0.1) is 5.69 Å². The topological polar surface area (TPSA) is 42.3 Å². The molecule has 0 bridgehead atoms. The number of aromatic nitrogens is 1. The van der Waals surface area contributed by atoms with E-state index in [4.69, 9.17) is 0 Å². The molecule has 1 unspecified atom stereocenters. The molecule has 126 valence electrons. The second kappa shape index (κ2) is 6.22. The Balaban J connectivity index is 2.53. The maximum absolute atomic E-state index is 12.8. The summed E-state index contributed by atoms with van der Waals surface area (Å²) >= 11 is 0. The monoisotopic (exact) mass is 328 g/mol. The summed E-state index contributed by atoms with van der Waals surface area (Å²) in [4.78, 5) is 25.4. The first-order valence-electron chi connectivity index (χ1n) is 7.44. The zero-order chi connectivity index (χ0) is 17.4. The van der Waals surface area contributed by atoms with Crippen molar-refractivity contribution in [3.05, 3.63) is 35.3 Å². The summed E-state index contributed by atoms with van der Waals surface area (Å²) in [5, 5.41) is 0. The van der Waals surface area contributed by atoms with Crippen molar-refractivity contribution in [2.24, 2.45) is 0 Å². The predicted octanol–water partition coefficient (Wildman–Crippen LogP) is 3.15. The van der Waals surface area contributed by atoms with Crippen LogP contribution in [0.1, 0.15) is 42.9 Å². The molecule has 0 fully saturated rings. The van der Waals surface area contributed by atoms with Crippen LogP contribution in [0.15, 0.2) is 23.9 Å². The van der Waals surface area contributed by atoms with Crippen molar-refractivity contribution in [2.45, 2.75) is 39.4 Å². The maximum Gasteiger partial charge on any atom is 0.456 e. The molecular weight excluding hydrogens is 309 g/mol. The molecule has 23 heavy (non-hydrogen) atoms. The number of likely N-dealkylation sites (N-methyl/N-ethyl adjacent to an activating group) is 1. The van der Waals surface area contributed by atoms with Crippen LogP contribution in [-0.2, 0) is 11.3 Å². The normalized spacial score (nSPS) is 21.0. The van der Waals surface area contributed by atoms with Gasteiger partial charge in [0.15, 0.2) is 5.78 Å². The largest absolute Gasteiger partial charge is 0.456 e. The van der Waals surface area contributed by atoms with Gasteiger partial charge in [0.1, 0.15) is 0 Å². The molecular formula is C16H19F3N2O2. The number of halogens is 3. The average Bonchev–Trinajstić information content (AvgIpc) is 2.86. The van der Waals surface area contributed by atoms with Crippen LogP contribution in [0.25, 0.3) is 0 Å². The van der Waals surface area contributed by atoms with E-state index in [2.05, 4.69) is 0 Å². The van der Waals surface area contributed by atoms with E-state index in [1.165, 1.54) is 23.6 Å². The fraction of sp³-hybridized carbons (Fsp3) is 0.500. The SMILES string of the molecule is CCN1/C=C(/C(C)=O)C(C)c2ccc(C(=O)C(F)(F)F)n2CC1. The maximum atomic E-state index is 12.8. The molecule has 1 aliphatic rings. The Hall–Kier alpha value is -2.05. The molecule has 0 aliphatic carbocycles. The van der Waals surface area contributed by atoms with Crippen molar-refractivity contribution in [3.8, 4) is 0 Å². The first-order valence-corrected chi connectivity index (χ1v) is 7.44. The molecule has 4 nitrogen and oxygen atoms in total. The van der Waals surface area contributed by atoms with E-state index in [0.717, 1.165) is 0 Å². The lowest BCUT2D eigenvalue weighted by molar-refractivity contribution is -0.114. The number of hydrogen-bond donors (Lipinski definition) is 0. The third-order valence-electron chi connectivity index (χ3n) is 4.16. The lowest BCUT2D eigenvalue weighted by Gasteiger charge is -2.28. The van der Waals surface area contributed by atoms with Crippen LogP contribution in [0.4, 0.5) is 13.2 Å². The molecule has 2 rings (SSSR count). The Morgan fingerprint density at radius 3 is 2.43 bits per heavy atom. The summed E-state index contributed by atoms with van der Waals surface area (Å²) in [7, 11) is 0. The Morgan fingerprint density at radius 2 is 1.91 bits per heavy atom. The molecule has 0 saturated heterocycles. The molecule has 1 aliphatic heterocycles. The summed E-state index contributed by atoms with van der Waals surface area (Å²) < 4.78 is 39.7. The number of Topliss-reactive ketones (excluding diaryl/α,β-unsaturated/α-hetero) is 2. The first-order chi connectivity index (χ1) is 10.7. The highest BCUT2D eigenvalue weighted by Gasteiger charge is 2.41. The van der Waals surface area contributed by atoms with E-state index in [9.17, 15) is 22.8 Å². The molecule has 0 radical (unpaired) electrons. The lowest BCUT2D eigenvalue weighted by Crippen LogP contribution is -2.31. The Morgan fingerprint density at radius 1 is 1.26 bits per heavy atom. The van der Waals surface area contributed by atoms with Gasteiger partial charge in [-0.1, -0.05) is 6.92 Å². The fourth-order valence-corrected chi connectivity index (χ4v) is 2.86. The van der Waals surface area contributed by atoms with Crippen molar-refractivity contribution in [1.82, 2.24) is 9.47 Å². The molecule has 1 aromatic heterocycles. The van der Waals surface area contributed by atoms with Crippen LogP contribution in [0, 0.1) is 0 Å². The second-order valence-electron chi connectivity index (χ2n) is 5.61. The summed E-state index contributed by atoms with van der Waals surface area (Å²) in [5.74, 6) is -2.36. The van der Waals surface area contributed by atoms with Crippen molar-refractivity contribution >= 4 is 11.6 Å². The van der Waals surface area contributed by atoms with Crippen LogP contribution < -0.4 is 0 Å². The smallest absolute Gasteiger partial charge is 0.376 e. The van der Waals surface area contributed by atoms with Crippen LogP contribution >= 0.6 is 0 Å². The Bertz CT molecular complexity index is 659. The quantitative estimate of drug-likeness (QED) is 0.801. The third kappa shape index (κ3) is 3.33. The molecule has 0 aromatic carbocycles. The minimum atomic E-state index is -4.91. The number of ketones is 2. The minimum Gasteiger partial charge on any atom is -0.376 e. The number of carbonyl (C=O) groups excluding carboxylic acids is 2. The number of alkyl halides is 3. The van der Waals surface area contributed by atoms with Gasteiger partial charge >= 0.3 is 6.18 Å². The van der Waals surface area contributed by atoms with Gasteiger partial charge in [-0.2, -0.15) is 13.2 Å². The van der Waals surface area contributed by atoms with Crippen LogP contribution in [0.3, 0.4) is 0 Å². The molecule has 1 atom stereocenters. The van der Waals surface area contributed by atoms with Gasteiger partial charge in [0.25, 0.3) is 5.78 Å². The number of hydrogen-bond acceptors (Lipinski definition) is 3. The van der Waals surface area contributed by atoms with Crippen molar-refractivity contribution in [3.63, 3.8) is 0 Å². The Labute approximate surface area is 132 Å². The van der Waals surface area contributed by atoms with Gasteiger partial charge < -0.3 is 9.47 Å². The number of fused-ring (bicyclic) bond motifs is 1. The minimum absolute atomic E-state index is 0.130. The van der Waals surface area contributed by atoms with E-state index in [0.29, 0.717) is 24.4 Å². The molecule has 0 spiro atoms. The number of carbonyl (C=O) groups is 2. The van der Waals surface area contributed by atoms with E-state index in [-0.39, 0.29) is 23.9 Å². The molecule has 0 N–H and O–H groups in total. The number of rotatable bonds is 3. The van der Waals surface area contributed by atoms with Crippen LogP contribution in [0.2, 0.25) is 0 Å². The molecule has 0 saturated carbocycles. The van der Waals surface area contributed by atoms with E-state index >= 15 is 0 Å². The second-order valence-corrected chi connectivity index (χ2v) is 5.61. The molecule has 2 heterocycles. The molecule has 0 amide bonds. The van der Waals surface area contributed by atoms with E-state index in [1.807, 2.05) is 11.8 Å². The molecule has 7 heteroatoms. The highest BCUT2D eigenvalue weighted by molar-refractivity contribution is 5.99. The van der Waals surface area contributed by atoms with Crippen molar-refractivity contribution in [2.75, 3.05) is 13.1 Å². The van der Waals surface area contributed by atoms with Crippen molar-refractivity contribution in [1.29, 1.82) is 0 Å². The van der Waals surface area contributed by atoms with Gasteiger partial charge in [0.2, 0.25) is 0 Å². The zero-order valence-electron chi connectivity index (χ0n) is 13.3. The van der Waals surface area contributed by atoms with E-state index < -0.39 is 12.0 Å². The van der Waals surface area contributed by atoms with E-state index in [1.54, 1.807) is 13.1 Å². The van der Waals surface area contributed by atoms with Crippen LogP contribution in [-0.4, -0.2) is 40.3 Å². The predicted molar refractivity (Wildman–Crippen MR) is 79.2 cm³/mol. The highest BCUT2D eigenvalue weighted by Crippen LogP contribution is 2.31. The highest BCUT2D eigenvalue weighted by atomic mass is 19.4. The summed E-state index contributed by atoms with van der Waals surface area (Å²) in [5.41, 5.74) is 0.701. The fourth-order valence-electron chi connectivity index (χ4n) is 2.86. The van der Waals surface area contributed by atoms with Gasteiger partial charge in [-0.25, -0.2) is 0 Å². The summed E-state index contributed by atoms with van der Waals surface area (Å²) in [6.45, 7) is 6.42. The van der Waals surface area contributed by atoms with Crippen LogP contribution in [0.5, 0.6) is 0 Å². The van der Waals surface area contributed by atoms with Crippen molar-refractivity contribution < 1.29 is 22.8 Å². The van der Waals surface area contributed by atoms with Gasteiger partial charge in [-0.3, -0.25) is 9.59 Å². The van der Waals surface area contributed by atoms with Gasteiger partial charge in [-0.15, -0.1) is 0 Å². The summed E-state index contributed by atoms with van der Waals surface area (Å²) in [6.07, 6.45) is -3.14. The van der Waals surface area contributed by atoms with Gasteiger partial charge in [-0.05, 0) is 26.0 Å². The Kier molecular flexibility index (Phi) is 4.68. The average molecular weight is 328 g/mol. The molecule has 1 aromatic rings.